The minimum Gasteiger partial charge on any atom is -0.493 e. The second kappa shape index (κ2) is 5.57. The summed E-state index contributed by atoms with van der Waals surface area (Å²) in [5.74, 6) is 0.527. The van der Waals surface area contributed by atoms with Crippen LogP contribution >= 0.6 is 0 Å². The molecule has 1 heterocycles. The lowest BCUT2D eigenvalue weighted by molar-refractivity contribution is -0.0855. The number of methoxy groups -OCH3 is 2. The number of carbonyl (C=O) groups is 1. The van der Waals surface area contributed by atoms with Gasteiger partial charge in [-0.3, -0.25) is 10.0 Å². The second-order valence-electron chi connectivity index (χ2n) is 4.82. The molecule has 114 valence electrons. The van der Waals surface area contributed by atoms with Crippen LogP contribution in [0.4, 0.5) is 5.69 Å². The van der Waals surface area contributed by atoms with Crippen molar-refractivity contribution < 1.29 is 19.5 Å². The van der Waals surface area contributed by atoms with Crippen molar-refractivity contribution in [3.63, 3.8) is 0 Å². The normalized spacial score (nSPS) is 16.8. The van der Waals surface area contributed by atoms with Crippen molar-refractivity contribution in [3.8, 4) is 11.5 Å². The Kier molecular flexibility index (Phi) is 3.60. The Morgan fingerprint density at radius 3 is 2.59 bits per heavy atom. The van der Waals surface area contributed by atoms with E-state index in [1.165, 1.54) is 14.2 Å². The molecule has 2 N–H and O–H groups in total. The predicted octanol–water partition coefficient (Wildman–Crippen LogP) is 2.66. The Labute approximate surface area is 127 Å². The SMILES string of the molecule is COc1cccc(C2Nc3ccccc3C(=O)N2O)c1OC. The zero-order valence-corrected chi connectivity index (χ0v) is 12.2. The lowest BCUT2D eigenvalue weighted by Crippen LogP contribution is -2.40. The molecule has 1 atom stereocenters. The van der Waals surface area contributed by atoms with Gasteiger partial charge in [-0.05, 0) is 18.2 Å². The van der Waals surface area contributed by atoms with Gasteiger partial charge in [0.05, 0.1) is 19.8 Å². The highest BCUT2D eigenvalue weighted by atomic mass is 16.5. The van der Waals surface area contributed by atoms with Crippen LogP contribution in [0.2, 0.25) is 0 Å². The number of hydrogen-bond donors (Lipinski definition) is 2. The number of ether oxygens (including phenoxy) is 2. The topological polar surface area (TPSA) is 71.0 Å². The first-order valence-corrected chi connectivity index (χ1v) is 6.76. The first kappa shape index (κ1) is 14.2. The van der Waals surface area contributed by atoms with Gasteiger partial charge >= 0.3 is 0 Å². The van der Waals surface area contributed by atoms with Gasteiger partial charge in [0.2, 0.25) is 0 Å². The van der Waals surface area contributed by atoms with Gasteiger partial charge in [-0.15, -0.1) is 0 Å². The van der Waals surface area contributed by atoms with E-state index < -0.39 is 12.1 Å². The molecule has 6 heteroatoms. The van der Waals surface area contributed by atoms with Gasteiger partial charge in [-0.2, -0.15) is 5.06 Å². The van der Waals surface area contributed by atoms with Gasteiger partial charge in [-0.25, -0.2) is 0 Å². The van der Waals surface area contributed by atoms with Crippen LogP contribution in [0.1, 0.15) is 22.1 Å². The van der Waals surface area contributed by atoms with Crippen LogP contribution in [0.3, 0.4) is 0 Å². The van der Waals surface area contributed by atoms with E-state index in [-0.39, 0.29) is 0 Å². The molecule has 0 saturated carbocycles. The van der Waals surface area contributed by atoms with E-state index in [0.29, 0.717) is 33.4 Å². The quantitative estimate of drug-likeness (QED) is 0.853. The largest absolute Gasteiger partial charge is 0.493 e. The molecule has 0 radical (unpaired) electrons. The number of amides is 1. The summed E-state index contributed by atoms with van der Waals surface area (Å²) in [5.41, 5.74) is 1.68. The number of anilines is 1. The average molecular weight is 300 g/mol. The molecular weight excluding hydrogens is 284 g/mol. The second-order valence-corrected chi connectivity index (χ2v) is 4.82. The molecule has 3 rings (SSSR count). The number of hydrogen-bond acceptors (Lipinski definition) is 5. The zero-order valence-electron chi connectivity index (χ0n) is 12.2. The van der Waals surface area contributed by atoms with Crippen LogP contribution in [-0.2, 0) is 0 Å². The summed E-state index contributed by atoms with van der Waals surface area (Å²) in [7, 11) is 3.05. The highest BCUT2D eigenvalue weighted by molar-refractivity contribution is 6.01. The number of para-hydroxylation sites is 2. The monoisotopic (exact) mass is 300 g/mol. The zero-order chi connectivity index (χ0) is 15.7. The fourth-order valence-corrected chi connectivity index (χ4v) is 2.58. The van der Waals surface area contributed by atoms with Gasteiger partial charge in [0.1, 0.15) is 0 Å². The Morgan fingerprint density at radius 2 is 1.86 bits per heavy atom. The van der Waals surface area contributed by atoms with Crippen molar-refractivity contribution in [2.45, 2.75) is 6.17 Å². The first-order valence-electron chi connectivity index (χ1n) is 6.76. The van der Waals surface area contributed by atoms with E-state index in [0.717, 1.165) is 0 Å². The van der Waals surface area contributed by atoms with Crippen molar-refractivity contribution in [3.05, 3.63) is 53.6 Å². The molecular formula is C16H16N2O4. The van der Waals surface area contributed by atoms with Gasteiger partial charge in [0, 0.05) is 11.3 Å². The highest BCUT2D eigenvalue weighted by Gasteiger charge is 2.34. The molecule has 1 aliphatic rings. The van der Waals surface area contributed by atoms with Crippen molar-refractivity contribution in [1.82, 2.24) is 5.06 Å². The Morgan fingerprint density at radius 1 is 1.09 bits per heavy atom. The molecule has 0 aliphatic carbocycles. The lowest BCUT2D eigenvalue weighted by atomic mass is 10.0. The molecule has 0 bridgehead atoms. The molecule has 1 aliphatic heterocycles. The van der Waals surface area contributed by atoms with Crippen molar-refractivity contribution in [1.29, 1.82) is 0 Å². The van der Waals surface area contributed by atoms with Crippen molar-refractivity contribution in [2.75, 3.05) is 19.5 Å². The van der Waals surface area contributed by atoms with E-state index in [1.54, 1.807) is 36.4 Å². The minimum absolute atomic E-state index is 0.420. The number of nitrogens with zero attached hydrogens (tertiary/aromatic N) is 1. The van der Waals surface area contributed by atoms with Crippen LogP contribution in [-0.4, -0.2) is 30.4 Å². The molecule has 0 aromatic heterocycles. The van der Waals surface area contributed by atoms with Crippen LogP contribution in [0, 0.1) is 0 Å². The molecule has 1 unspecified atom stereocenters. The third-order valence-corrected chi connectivity index (χ3v) is 3.63. The van der Waals surface area contributed by atoms with E-state index in [2.05, 4.69) is 5.32 Å². The van der Waals surface area contributed by atoms with E-state index in [1.807, 2.05) is 6.07 Å². The fraction of sp³-hybridized carbons (Fsp3) is 0.188. The van der Waals surface area contributed by atoms with Crippen molar-refractivity contribution in [2.24, 2.45) is 0 Å². The summed E-state index contributed by atoms with van der Waals surface area (Å²) in [6, 6.07) is 12.3. The number of rotatable bonds is 3. The molecule has 0 fully saturated rings. The van der Waals surface area contributed by atoms with Crippen LogP contribution in [0.15, 0.2) is 42.5 Å². The van der Waals surface area contributed by atoms with E-state index in [4.69, 9.17) is 9.47 Å². The Hall–Kier alpha value is -2.73. The van der Waals surface area contributed by atoms with Gasteiger partial charge in [0.25, 0.3) is 5.91 Å². The maximum absolute atomic E-state index is 12.3. The summed E-state index contributed by atoms with van der Waals surface area (Å²) in [4.78, 5) is 12.3. The smallest absolute Gasteiger partial charge is 0.281 e. The van der Waals surface area contributed by atoms with E-state index >= 15 is 0 Å². The molecule has 2 aromatic carbocycles. The van der Waals surface area contributed by atoms with Gasteiger partial charge in [0.15, 0.2) is 17.7 Å². The maximum atomic E-state index is 12.3. The summed E-state index contributed by atoms with van der Waals surface area (Å²) >= 11 is 0. The standard InChI is InChI=1S/C16H16N2O4/c1-21-13-9-5-7-11(14(13)22-2)15-17-12-8-4-3-6-10(12)16(19)18(15)20/h3-9,15,17,20H,1-2H3. The number of carbonyl (C=O) groups excluding carboxylic acids is 1. The van der Waals surface area contributed by atoms with Crippen LogP contribution < -0.4 is 14.8 Å². The third-order valence-electron chi connectivity index (χ3n) is 3.63. The Balaban J connectivity index is 2.09. The summed E-state index contributed by atoms with van der Waals surface area (Å²) in [6.07, 6.45) is -0.757. The fourth-order valence-electron chi connectivity index (χ4n) is 2.58. The molecule has 1 amide bonds. The molecule has 6 nitrogen and oxygen atoms in total. The Bertz CT molecular complexity index is 717. The van der Waals surface area contributed by atoms with Gasteiger partial charge in [-0.1, -0.05) is 24.3 Å². The molecule has 0 saturated heterocycles. The predicted molar refractivity (Wildman–Crippen MR) is 80.3 cm³/mol. The van der Waals surface area contributed by atoms with Crippen LogP contribution in [0.5, 0.6) is 11.5 Å². The summed E-state index contributed by atoms with van der Waals surface area (Å²) < 4.78 is 10.6. The average Bonchev–Trinajstić information content (AvgIpc) is 2.57. The number of nitrogens with one attached hydrogen (secondary N) is 1. The molecule has 22 heavy (non-hydrogen) atoms. The molecule has 0 spiro atoms. The summed E-state index contributed by atoms with van der Waals surface area (Å²) in [5, 5.41) is 14.1. The minimum atomic E-state index is -0.757. The lowest BCUT2D eigenvalue weighted by Gasteiger charge is -2.34. The number of fused-ring (bicyclic) bond motifs is 1. The third kappa shape index (κ3) is 2.14. The van der Waals surface area contributed by atoms with Gasteiger partial charge < -0.3 is 14.8 Å². The first-order chi connectivity index (χ1) is 10.7. The number of hydroxylamine groups is 2. The molecule has 2 aromatic rings. The van der Waals surface area contributed by atoms with Crippen molar-refractivity contribution >= 4 is 11.6 Å². The summed E-state index contributed by atoms with van der Waals surface area (Å²) in [6.45, 7) is 0. The van der Waals surface area contributed by atoms with Crippen LogP contribution in [0.25, 0.3) is 0 Å². The number of benzene rings is 2. The van der Waals surface area contributed by atoms with E-state index in [9.17, 15) is 10.0 Å². The maximum Gasteiger partial charge on any atom is 0.281 e. The highest BCUT2D eigenvalue weighted by Crippen LogP contribution is 2.39.